The molecule has 0 spiro atoms. The first-order chi connectivity index (χ1) is 15.3. The standard InChI is InChI=1S/C22H20F3N5O2/c1-30-12-28-20-17(11-26)29-16(10-18(20)30)14-5-6-19(15(9-14)22(23,24)25)32-8-2-7-27-21(31)13-3-4-13/h5-6,9-10,12-13H,2-4,7-8H2,1H3,(H,27,31). The van der Waals surface area contributed by atoms with E-state index in [0.29, 0.717) is 24.0 Å². The summed E-state index contributed by atoms with van der Waals surface area (Å²) in [6, 6.07) is 7.24. The lowest BCUT2D eigenvalue weighted by atomic mass is 10.1. The number of nitrogens with one attached hydrogen (secondary N) is 1. The molecule has 0 aliphatic heterocycles. The number of imidazole rings is 1. The molecule has 0 atom stereocenters. The van der Waals surface area contributed by atoms with Crippen molar-refractivity contribution in [3.63, 3.8) is 0 Å². The number of hydrogen-bond acceptors (Lipinski definition) is 5. The fourth-order valence-corrected chi connectivity index (χ4v) is 3.35. The molecule has 4 rings (SSSR count). The van der Waals surface area contributed by atoms with Crippen LogP contribution in [0.15, 0.2) is 30.6 Å². The lowest BCUT2D eigenvalue weighted by molar-refractivity contribution is -0.138. The van der Waals surface area contributed by atoms with Gasteiger partial charge in [-0.3, -0.25) is 4.79 Å². The van der Waals surface area contributed by atoms with Crippen molar-refractivity contribution in [3.8, 4) is 23.1 Å². The number of carbonyl (C=O) groups is 1. The number of carbonyl (C=O) groups excluding carboxylic acids is 1. The fourth-order valence-electron chi connectivity index (χ4n) is 3.35. The Morgan fingerprint density at radius 3 is 2.81 bits per heavy atom. The third kappa shape index (κ3) is 4.51. The van der Waals surface area contributed by atoms with Gasteiger partial charge in [-0.05, 0) is 43.5 Å². The molecular formula is C22H20F3N5O2. The summed E-state index contributed by atoms with van der Waals surface area (Å²) in [4.78, 5) is 19.9. The van der Waals surface area contributed by atoms with Crippen LogP contribution in [0.25, 0.3) is 22.3 Å². The van der Waals surface area contributed by atoms with E-state index in [2.05, 4.69) is 15.3 Å². The van der Waals surface area contributed by atoms with Crippen molar-refractivity contribution < 1.29 is 22.7 Å². The van der Waals surface area contributed by atoms with Gasteiger partial charge in [-0.2, -0.15) is 18.4 Å². The van der Waals surface area contributed by atoms with Crippen molar-refractivity contribution in [1.29, 1.82) is 5.26 Å². The number of nitriles is 1. The molecule has 7 nitrogen and oxygen atoms in total. The number of benzene rings is 1. The van der Waals surface area contributed by atoms with Gasteiger partial charge in [0.1, 0.15) is 17.3 Å². The zero-order valence-corrected chi connectivity index (χ0v) is 17.2. The third-order valence-corrected chi connectivity index (χ3v) is 5.23. The number of aryl methyl sites for hydroxylation is 1. The van der Waals surface area contributed by atoms with E-state index in [1.165, 1.54) is 18.5 Å². The molecule has 1 saturated carbocycles. The van der Waals surface area contributed by atoms with E-state index in [9.17, 15) is 23.2 Å². The molecular weight excluding hydrogens is 423 g/mol. The highest BCUT2D eigenvalue weighted by Crippen LogP contribution is 2.39. The summed E-state index contributed by atoms with van der Waals surface area (Å²) in [5.41, 5.74) is 0.540. The molecule has 0 radical (unpaired) electrons. The molecule has 2 heterocycles. The minimum Gasteiger partial charge on any atom is -0.493 e. The number of hydrogen-bond donors (Lipinski definition) is 1. The predicted octanol–water partition coefficient (Wildman–Crippen LogP) is 3.82. The van der Waals surface area contributed by atoms with Crippen LogP contribution in [0.3, 0.4) is 0 Å². The lowest BCUT2D eigenvalue weighted by Crippen LogP contribution is -2.26. The molecule has 3 aromatic rings. The summed E-state index contributed by atoms with van der Waals surface area (Å²) in [6.45, 7) is 0.380. The number of fused-ring (bicyclic) bond motifs is 1. The third-order valence-electron chi connectivity index (χ3n) is 5.23. The van der Waals surface area contributed by atoms with Gasteiger partial charge in [0.2, 0.25) is 5.91 Å². The van der Waals surface area contributed by atoms with Crippen molar-refractivity contribution in [1.82, 2.24) is 19.9 Å². The van der Waals surface area contributed by atoms with Crippen LogP contribution in [-0.4, -0.2) is 33.6 Å². The number of rotatable bonds is 7. The number of pyridine rings is 1. The van der Waals surface area contributed by atoms with Crippen LogP contribution in [0.4, 0.5) is 13.2 Å². The van der Waals surface area contributed by atoms with E-state index in [1.54, 1.807) is 17.7 Å². The van der Waals surface area contributed by atoms with Crippen LogP contribution < -0.4 is 10.1 Å². The molecule has 10 heteroatoms. The molecule has 0 bridgehead atoms. The van der Waals surface area contributed by atoms with Crippen molar-refractivity contribution in [2.24, 2.45) is 13.0 Å². The topological polar surface area (TPSA) is 92.8 Å². The molecule has 166 valence electrons. The summed E-state index contributed by atoms with van der Waals surface area (Å²) in [5, 5.41) is 12.1. The van der Waals surface area contributed by atoms with Crippen molar-refractivity contribution >= 4 is 16.9 Å². The molecule has 1 aliphatic rings. The highest BCUT2D eigenvalue weighted by molar-refractivity contribution is 5.84. The smallest absolute Gasteiger partial charge is 0.419 e. The maximum absolute atomic E-state index is 13.7. The predicted molar refractivity (Wildman–Crippen MR) is 110 cm³/mol. The van der Waals surface area contributed by atoms with Gasteiger partial charge in [-0.15, -0.1) is 0 Å². The summed E-state index contributed by atoms with van der Waals surface area (Å²) in [6.07, 6.45) is -0.951. The Labute approximate surface area is 181 Å². The molecule has 1 N–H and O–H groups in total. The Morgan fingerprint density at radius 2 is 2.12 bits per heavy atom. The Hall–Kier alpha value is -3.61. The van der Waals surface area contributed by atoms with E-state index in [1.807, 2.05) is 6.07 Å². The normalized spacial score (nSPS) is 13.7. The number of nitrogens with zero attached hydrogens (tertiary/aromatic N) is 4. The summed E-state index contributed by atoms with van der Waals surface area (Å²) in [5.74, 6) is -0.224. The molecule has 1 aliphatic carbocycles. The molecule has 2 aromatic heterocycles. The second kappa shape index (κ2) is 8.49. The van der Waals surface area contributed by atoms with Gasteiger partial charge < -0.3 is 14.6 Å². The highest BCUT2D eigenvalue weighted by atomic mass is 19.4. The van der Waals surface area contributed by atoms with Crippen LogP contribution in [0.2, 0.25) is 0 Å². The second-order valence-electron chi connectivity index (χ2n) is 7.67. The molecule has 1 aromatic carbocycles. The minimum absolute atomic E-state index is 0.0139. The summed E-state index contributed by atoms with van der Waals surface area (Å²) < 4.78 is 48.2. The first kappa shape index (κ1) is 21.6. The SMILES string of the molecule is Cn1cnc2c(C#N)nc(-c3ccc(OCCCNC(=O)C4CC4)c(C(F)(F)F)c3)cc21. The molecule has 0 saturated heterocycles. The summed E-state index contributed by atoms with van der Waals surface area (Å²) >= 11 is 0. The van der Waals surface area contributed by atoms with Crippen LogP contribution in [0.5, 0.6) is 5.75 Å². The van der Waals surface area contributed by atoms with Crippen molar-refractivity contribution in [2.45, 2.75) is 25.4 Å². The number of aromatic nitrogens is 3. The largest absolute Gasteiger partial charge is 0.493 e. The van der Waals surface area contributed by atoms with Crippen LogP contribution in [-0.2, 0) is 18.0 Å². The van der Waals surface area contributed by atoms with Crippen LogP contribution >= 0.6 is 0 Å². The van der Waals surface area contributed by atoms with E-state index >= 15 is 0 Å². The minimum atomic E-state index is -4.64. The Morgan fingerprint density at radius 1 is 1.34 bits per heavy atom. The summed E-state index contributed by atoms with van der Waals surface area (Å²) in [7, 11) is 1.73. The van der Waals surface area contributed by atoms with E-state index in [-0.39, 0.29) is 41.1 Å². The van der Waals surface area contributed by atoms with Crippen molar-refractivity contribution in [2.75, 3.05) is 13.2 Å². The van der Waals surface area contributed by atoms with E-state index < -0.39 is 11.7 Å². The Kier molecular flexibility index (Phi) is 5.74. The number of ether oxygens (including phenoxy) is 1. The van der Waals surface area contributed by atoms with Gasteiger partial charge in [-0.1, -0.05) is 0 Å². The van der Waals surface area contributed by atoms with Crippen LogP contribution in [0.1, 0.15) is 30.5 Å². The number of alkyl halides is 3. The average Bonchev–Trinajstić information content (AvgIpc) is 3.55. The van der Waals surface area contributed by atoms with E-state index in [4.69, 9.17) is 4.74 Å². The zero-order valence-electron chi connectivity index (χ0n) is 17.2. The Bertz CT molecular complexity index is 1210. The number of halogens is 3. The van der Waals surface area contributed by atoms with Gasteiger partial charge in [0.05, 0.1) is 29.7 Å². The monoisotopic (exact) mass is 443 g/mol. The maximum atomic E-state index is 13.7. The van der Waals surface area contributed by atoms with Gasteiger partial charge in [0, 0.05) is 25.1 Å². The molecule has 1 amide bonds. The molecule has 0 unspecified atom stereocenters. The highest BCUT2D eigenvalue weighted by Gasteiger charge is 2.35. The fraction of sp³-hybridized carbons (Fsp3) is 0.364. The van der Waals surface area contributed by atoms with Crippen LogP contribution in [0, 0.1) is 17.2 Å². The zero-order chi connectivity index (χ0) is 22.9. The first-order valence-electron chi connectivity index (χ1n) is 10.1. The second-order valence-corrected chi connectivity index (χ2v) is 7.67. The Balaban J connectivity index is 1.55. The van der Waals surface area contributed by atoms with Gasteiger partial charge >= 0.3 is 6.18 Å². The van der Waals surface area contributed by atoms with E-state index in [0.717, 1.165) is 18.9 Å². The molecule has 32 heavy (non-hydrogen) atoms. The first-order valence-corrected chi connectivity index (χ1v) is 10.1. The average molecular weight is 443 g/mol. The number of amides is 1. The van der Waals surface area contributed by atoms with Gasteiger partial charge in [0.25, 0.3) is 0 Å². The molecule has 1 fully saturated rings. The van der Waals surface area contributed by atoms with Gasteiger partial charge in [-0.25, -0.2) is 9.97 Å². The van der Waals surface area contributed by atoms with Crippen molar-refractivity contribution in [3.05, 3.63) is 41.9 Å². The maximum Gasteiger partial charge on any atom is 0.419 e. The van der Waals surface area contributed by atoms with Gasteiger partial charge in [0.15, 0.2) is 5.69 Å². The lowest BCUT2D eigenvalue weighted by Gasteiger charge is -2.16. The quantitative estimate of drug-likeness (QED) is 0.561.